The molecule has 1 aromatic carbocycles. The Morgan fingerprint density at radius 2 is 2.00 bits per heavy atom. The lowest BCUT2D eigenvalue weighted by atomic mass is 10.1. The van der Waals surface area contributed by atoms with E-state index in [0.29, 0.717) is 5.69 Å². The molecule has 2 heterocycles. The van der Waals surface area contributed by atoms with Gasteiger partial charge in [0.05, 0.1) is 12.1 Å². The van der Waals surface area contributed by atoms with Gasteiger partial charge in [-0.25, -0.2) is 4.98 Å². The summed E-state index contributed by atoms with van der Waals surface area (Å²) in [5.74, 6) is -1.07. The number of fused-ring (bicyclic) bond motifs is 1. The van der Waals surface area contributed by atoms with E-state index < -0.39 is 25.0 Å². The molecule has 6 nitrogen and oxygen atoms in total. The van der Waals surface area contributed by atoms with E-state index in [9.17, 15) is 18.4 Å². The van der Waals surface area contributed by atoms with Gasteiger partial charge in [0.1, 0.15) is 5.75 Å². The lowest BCUT2D eigenvalue weighted by molar-refractivity contribution is -0.141. The molecule has 0 bridgehead atoms. The largest absolute Gasteiger partial charge is 0.457 e. The Morgan fingerprint density at radius 3 is 2.68 bits per heavy atom. The number of halogens is 2. The van der Waals surface area contributed by atoms with E-state index in [2.05, 4.69) is 9.72 Å². The standard InChI is InChI=1S/C16H12F2N2O4S/c17-15(18)24-12-3-1-10(2-4-12)13(21)9-23-14(22)7-11-8-20-5-6-25-16(20)19-11/h1-6,8,15H,7,9H2. The van der Waals surface area contributed by atoms with E-state index in [4.69, 9.17) is 4.74 Å². The summed E-state index contributed by atoms with van der Waals surface area (Å²) < 4.78 is 35.1. The number of ether oxygens (including phenoxy) is 2. The fourth-order valence-corrected chi connectivity index (χ4v) is 2.83. The molecular formula is C16H12F2N2O4S. The molecule has 130 valence electrons. The zero-order valence-corrected chi connectivity index (χ0v) is 13.5. The molecule has 0 amide bonds. The van der Waals surface area contributed by atoms with E-state index in [-0.39, 0.29) is 17.7 Å². The normalized spacial score (nSPS) is 11.0. The van der Waals surface area contributed by atoms with Gasteiger partial charge in [-0.1, -0.05) is 0 Å². The number of aromatic nitrogens is 2. The summed E-state index contributed by atoms with van der Waals surface area (Å²) in [6.45, 7) is -3.36. The maximum Gasteiger partial charge on any atom is 0.387 e. The number of benzene rings is 1. The first kappa shape index (κ1) is 17.0. The molecule has 0 aliphatic rings. The summed E-state index contributed by atoms with van der Waals surface area (Å²) in [6.07, 6.45) is 3.51. The van der Waals surface area contributed by atoms with Crippen LogP contribution < -0.4 is 4.74 Å². The molecule has 0 atom stereocenters. The summed E-state index contributed by atoms with van der Waals surface area (Å²) in [6, 6.07) is 5.16. The molecule has 0 N–H and O–H groups in total. The van der Waals surface area contributed by atoms with Crippen LogP contribution in [-0.2, 0) is 16.0 Å². The van der Waals surface area contributed by atoms with Gasteiger partial charge in [0.2, 0.25) is 0 Å². The highest BCUT2D eigenvalue weighted by Crippen LogP contribution is 2.15. The second-order valence-corrected chi connectivity index (χ2v) is 5.86. The van der Waals surface area contributed by atoms with Crippen molar-refractivity contribution in [3.8, 4) is 5.75 Å². The maximum absolute atomic E-state index is 12.1. The molecule has 0 spiro atoms. The average molecular weight is 366 g/mol. The third-order valence-corrected chi connectivity index (χ3v) is 4.01. The molecule has 0 aliphatic heterocycles. The first-order valence-corrected chi connectivity index (χ1v) is 8.04. The predicted octanol–water partition coefficient (Wildman–Crippen LogP) is 2.97. The van der Waals surface area contributed by atoms with Gasteiger partial charge in [-0.3, -0.25) is 14.0 Å². The number of imidazole rings is 1. The van der Waals surface area contributed by atoms with Crippen molar-refractivity contribution in [3.05, 3.63) is 53.3 Å². The quantitative estimate of drug-likeness (QED) is 0.475. The molecule has 0 radical (unpaired) electrons. The Kier molecular flexibility index (Phi) is 5.03. The summed E-state index contributed by atoms with van der Waals surface area (Å²) in [5.41, 5.74) is 0.787. The van der Waals surface area contributed by atoms with E-state index in [0.717, 1.165) is 4.96 Å². The number of hydrogen-bond donors (Lipinski definition) is 0. The Morgan fingerprint density at radius 1 is 1.24 bits per heavy atom. The van der Waals surface area contributed by atoms with Crippen LogP contribution in [0.15, 0.2) is 42.0 Å². The van der Waals surface area contributed by atoms with Crippen molar-refractivity contribution in [2.45, 2.75) is 13.0 Å². The van der Waals surface area contributed by atoms with Crippen LogP contribution in [-0.4, -0.2) is 34.4 Å². The first-order valence-electron chi connectivity index (χ1n) is 7.16. The highest BCUT2D eigenvalue weighted by atomic mass is 32.1. The van der Waals surface area contributed by atoms with Gasteiger partial charge in [-0.15, -0.1) is 11.3 Å². The van der Waals surface area contributed by atoms with Crippen molar-refractivity contribution in [2.24, 2.45) is 0 Å². The molecule has 0 saturated heterocycles. The van der Waals surface area contributed by atoms with Gasteiger partial charge in [0.15, 0.2) is 17.4 Å². The average Bonchev–Trinajstić information content (AvgIpc) is 3.14. The van der Waals surface area contributed by atoms with E-state index in [1.165, 1.54) is 35.6 Å². The third kappa shape index (κ3) is 4.38. The minimum Gasteiger partial charge on any atom is -0.457 e. The van der Waals surface area contributed by atoms with E-state index in [1.807, 2.05) is 11.6 Å². The monoisotopic (exact) mass is 366 g/mol. The van der Waals surface area contributed by atoms with Crippen LogP contribution in [0, 0.1) is 0 Å². The van der Waals surface area contributed by atoms with Gasteiger partial charge in [-0.2, -0.15) is 8.78 Å². The minimum absolute atomic E-state index is 0.0388. The first-order chi connectivity index (χ1) is 12.0. The van der Waals surface area contributed by atoms with E-state index >= 15 is 0 Å². The van der Waals surface area contributed by atoms with Crippen molar-refractivity contribution in [2.75, 3.05) is 6.61 Å². The number of ketones is 1. The van der Waals surface area contributed by atoms with Crippen molar-refractivity contribution in [3.63, 3.8) is 0 Å². The van der Waals surface area contributed by atoms with Crippen LogP contribution in [0.25, 0.3) is 4.96 Å². The van der Waals surface area contributed by atoms with Crippen LogP contribution in [0.4, 0.5) is 8.78 Å². The molecule has 2 aromatic heterocycles. The van der Waals surface area contributed by atoms with Gasteiger partial charge >= 0.3 is 12.6 Å². The molecular weight excluding hydrogens is 354 g/mol. The van der Waals surface area contributed by atoms with Crippen LogP contribution >= 0.6 is 11.3 Å². The zero-order valence-electron chi connectivity index (χ0n) is 12.7. The number of carbonyl (C=O) groups excluding carboxylic acids is 2. The van der Waals surface area contributed by atoms with Gasteiger partial charge in [0, 0.05) is 23.3 Å². The van der Waals surface area contributed by atoms with Crippen LogP contribution in [0.3, 0.4) is 0 Å². The smallest absolute Gasteiger partial charge is 0.387 e. The Balaban J connectivity index is 1.51. The number of carbonyl (C=O) groups is 2. The number of hydrogen-bond acceptors (Lipinski definition) is 6. The highest BCUT2D eigenvalue weighted by Gasteiger charge is 2.13. The maximum atomic E-state index is 12.1. The second kappa shape index (κ2) is 7.39. The topological polar surface area (TPSA) is 69.9 Å². The molecule has 0 saturated carbocycles. The Hall–Kier alpha value is -2.81. The molecule has 3 aromatic rings. The zero-order chi connectivity index (χ0) is 17.8. The van der Waals surface area contributed by atoms with Crippen LogP contribution in [0.2, 0.25) is 0 Å². The van der Waals surface area contributed by atoms with Crippen LogP contribution in [0.1, 0.15) is 16.1 Å². The van der Waals surface area contributed by atoms with Crippen molar-refractivity contribution in [1.82, 2.24) is 9.38 Å². The SMILES string of the molecule is O=C(Cc1cn2ccsc2n1)OCC(=O)c1ccc(OC(F)F)cc1. The Bertz CT molecular complexity index is 861. The number of esters is 1. The third-order valence-electron chi connectivity index (χ3n) is 3.23. The predicted molar refractivity (Wildman–Crippen MR) is 85.1 cm³/mol. The fraction of sp³-hybridized carbons (Fsp3) is 0.188. The molecule has 9 heteroatoms. The summed E-state index contributed by atoms with van der Waals surface area (Å²) in [7, 11) is 0. The lowest BCUT2D eigenvalue weighted by Gasteiger charge is -2.06. The van der Waals surface area contributed by atoms with Crippen molar-refractivity contribution >= 4 is 28.1 Å². The molecule has 0 fully saturated rings. The molecule has 25 heavy (non-hydrogen) atoms. The number of nitrogens with zero attached hydrogens (tertiary/aromatic N) is 2. The van der Waals surface area contributed by atoms with E-state index in [1.54, 1.807) is 10.6 Å². The highest BCUT2D eigenvalue weighted by molar-refractivity contribution is 7.15. The van der Waals surface area contributed by atoms with Gasteiger partial charge in [-0.05, 0) is 24.3 Å². The molecule has 3 rings (SSSR count). The number of alkyl halides is 2. The van der Waals surface area contributed by atoms with Gasteiger partial charge in [0.25, 0.3) is 0 Å². The lowest BCUT2D eigenvalue weighted by Crippen LogP contribution is -2.15. The minimum atomic E-state index is -2.93. The second-order valence-electron chi connectivity index (χ2n) is 4.99. The van der Waals surface area contributed by atoms with Gasteiger partial charge < -0.3 is 9.47 Å². The fourth-order valence-electron chi connectivity index (χ4n) is 2.11. The van der Waals surface area contributed by atoms with Crippen LogP contribution in [0.5, 0.6) is 5.75 Å². The number of thiazole rings is 1. The summed E-state index contributed by atoms with van der Waals surface area (Å²) >= 11 is 1.44. The van der Waals surface area contributed by atoms with Crippen molar-refractivity contribution in [1.29, 1.82) is 0 Å². The molecule has 0 unspecified atom stereocenters. The summed E-state index contributed by atoms with van der Waals surface area (Å²) in [4.78, 5) is 28.8. The van der Waals surface area contributed by atoms with Crippen molar-refractivity contribution < 1.29 is 27.8 Å². The number of Topliss-reactive ketones (excluding diaryl/α,β-unsaturated/α-hetero) is 1. The summed E-state index contributed by atoms with van der Waals surface area (Å²) in [5, 5.41) is 1.88. The number of rotatable bonds is 7. The Labute approximate surface area is 144 Å². The molecule has 0 aliphatic carbocycles.